The van der Waals surface area contributed by atoms with E-state index < -0.39 is 5.97 Å². The minimum absolute atomic E-state index is 0.222. The molecule has 4 heteroatoms. The Hall–Kier alpha value is -3.79. The molecule has 0 aliphatic carbocycles. The molecule has 0 fully saturated rings. The van der Waals surface area contributed by atoms with Gasteiger partial charge in [-0.1, -0.05) is 86.1 Å². The first kappa shape index (κ1) is 21.4. The lowest BCUT2D eigenvalue weighted by molar-refractivity contribution is 0.0476. The minimum Gasteiger partial charge on any atom is -0.454 e. The summed E-state index contributed by atoms with van der Waals surface area (Å²) in [6.45, 7) is 3.68. The molecule has 0 N–H and O–H groups in total. The zero-order valence-electron chi connectivity index (χ0n) is 18.3. The largest absolute Gasteiger partial charge is 0.454 e. The van der Waals surface area contributed by atoms with Gasteiger partial charge in [0.25, 0.3) is 0 Å². The second-order valence-electron chi connectivity index (χ2n) is 7.79. The molecule has 1 aromatic heterocycles. The van der Waals surface area contributed by atoms with E-state index in [-0.39, 0.29) is 12.4 Å². The number of nitrogens with zero attached hydrogens (tertiary/aromatic N) is 1. The molecule has 1 heterocycles. The van der Waals surface area contributed by atoms with Crippen molar-refractivity contribution < 1.29 is 14.3 Å². The molecule has 4 rings (SSSR count). The van der Waals surface area contributed by atoms with Crippen molar-refractivity contribution in [3.8, 4) is 11.3 Å². The van der Waals surface area contributed by atoms with E-state index in [1.54, 1.807) is 12.1 Å². The summed E-state index contributed by atoms with van der Waals surface area (Å²) in [5, 5.41) is 0.714. The van der Waals surface area contributed by atoms with Crippen molar-refractivity contribution in [1.82, 2.24) is 4.98 Å². The van der Waals surface area contributed by atoms with Gasteiger partial charge in [-0.05, 0) is 30.5 Å². The quantitative estimate of drug-likeness (QED) is 0.262. The summed E-state index contributed by atoms with van der Waals surface area (Å²) >= 11 is 0. The molecule has 0 aliphatic rings. The van der Waals surface area contributed by atoms with Crippen molar-refractivity contribution in [3.63, 3.8) is 0 Å². The SMILES string of the molecule is CCCc1ccc(C(=O)COC(=O)c2c(C)c(-c3ccccc3)nc3ccccc23)cc1. The Balaban J connectivity index is 1.61. The van der Waals surface area contributed by atoms with Crippen LogP contribution < -0.4 is 0 Å². The van der Waals surface area contributed by atoms with Crippen molar-refractivity contribution in [2.75, 3.05) is 6.61 Å². The van der Waals surface area contributed by atoms with Gasteiger partial charge in [-0.15, -0.1) is 0 Å². The van der Waals surface area contributed by atoms with E-state index in [1.807, 2.05) is 73.7 Å². The van der Waals surface area contributed by atoms with Crippen molar-refractivity contribution in [1.29, 1.82) is 0 Å². The van der Waals surface area contributed by atoms with E-state index in [0.717, 1.165) is 29.7 Å². The van der Waals surface area contributed by atoms with E-state index in [9.17, 15) is 9.59 Å². The van der Waals surface area contributed by atoms with Crippen molar-refractivity contribution in [2.45, 2.75) is 26.7 Å². The van der Waals surface area contributed by atoms with Gasteiger partial charge in [0.1, 0.15) is 0 Å². The molecule has 4 aromatic rings. The predicted octanol–water partition coefficient (Wildman–Crippen LogP) is 6.20. The van der Waals surface area contributed by atoms with Crippen LogP contribution >= 0.6 is 0 Å². The number of hydrogen-bond donors (Lipinski definition) is 0. The number of ketones is 1. The standard InChI is InChI=1S/C28H25NO3/c1-3-9-20-14-16-21(17-15-20)25(30)18-32-28(31)26-19(2)27(22-10-5-4-6-11-22)29-24-13-8-7-12-23(24)26/h4-8,10-17H,3,9,18H2,1-2H3. The maximum atomic E-state index is 13.1. The molecule has 0 radical (unpaired) electrons. The molecular weight excluding hydrogens is 398 g/mol. The number of carbonyl (C=O) groups excluding carboxylic acids is 2. The Morgan fingerprint density at radius 1 is 0.875 bits per heavy atom. The highest BCUT2D eigenvalue weighted by atomic mass is 16.5. The fourth-order valence-corrected chi connectivity index (χ4v) is 3.88. The molecular formula is C28H25NO3. The summed E-state index contributed by atoms with van der Waals surface area (Å²) in [4.78, 5) is 30.5. The lowest BCUT2D eigenvalue weighted by Gasteiger charge is -2.14. The summed E-state index contributed by atoms with van der Waals surface area (Å²) in [5.41, 5.74) is 5.27. The van der Waals surface area contributed by atoms with Gasteiger partial charge in [0, 0.05) is 16.5 Å². The second kappa shape index (κ2) is 9.56. The number of pyridine rings is 1. The van der Waals surface area contributed by atoms with E-state index in [1.165, 1.54) is 5.56 Å². The number of para-hydroxylation sites is 1. The number of carbonyl (C=O) groups is 2. The fourth-order valence-electron chi connectivity index (χ4n) is 3.88. The Bertz CT molecular complexity index is 1260. The van der Waals surface area contributed by atoms with Gasteiger partial charge >= 0.3 is 5.97 Å². The van der Waals surface area contributed by atoms with Crippen molar-refractivity contribution >= 4 is 22.7 Å². The summed E-state index contributed by atoms with van der Waals surface area (Å²) in [6.07, 6.45) is 2.02. The number of aryl methyl sites for hydroxylation is 1. The van der Waals surface area contributed by atoms with E-state index in [4.69, 9.17) is 9.72 Å². The molecule has 0 atom stereocenters. The lowest BCUT2D eigenvalue weighted by atomic mass is 9.98. The number of benzene rings is 3. The molecule has 0 amide bonds. The van der Waals surface area contributed by atoms with Crippen LogP contribution in [0.4, 0.5) is 0 Å². The van der Waals surface area contributed by atoms with Gasteiger partial charge in [-0.3, -0.25) is 4.79 Å². The third-order valence-corrected chi connectivity index (χ3v) is 5.54. The smallest absolute Gasteiger partial charge is 0.339 e. The monoisotopic (exact) mass is 423 g/mol. The van der Waals surface area contributed by atoms with Crippen LogP contribution in [-0.4, -0.2) is 23.3 Å². The summed E-state index contributed by atoms with van der Waals surface area (Å²) in [7, 11) is 0. The average molecular weight is 424 g/mol. The highest BCUT2D eigenvalue weighted by Gasteiger charge is 2.21. The van der Waals surface area contributed by atoms with Gasteiger partial charge in [0.05, 0.1) is 16.8 Å². The number of fused-ring (bicyclic) bond motifs is 1. The van der Waals surface area contributed by atoms with Crippen LogP contribution in [0.15, 0.2) is 78.9 Å². The molecule has 0 unspecified atom stereocenters. The number of Topliss-reactive ketones (excluding diaryl/α,β-unsaturated/α-hetero) is 1. The van der Waals surface area contributed by atoms with E-state index >= 15 is 0 Å². The average Bonchev–Trinajstić information content (AvgIpc) is 2.83. The van der Waals surface area contributed by atoms with Crippen LogP contribution in [0.5, 0.6) is 0 Å². The number of esters is 1. The van der Waals surface area contributed by atoms with Gasteiger partial charge in [-0.2, -0.15) is 0 Å². The summed E-state index contributed by atoms with van der Waals surface area (Å²) in [5.74, 6) is -0.741. The summed E-state index contributed by atoms with van der Waals surface area (Å²) < 4.78 is 5.49. The highest BCUT2D eigenvalue weighted by molar-refractivity contribution is 6.07. The van der Waals surface area contributed by atoms with Crippen LogP contribution in [0, 0.1) is 6.92 Å². The zero-order chi connectivity index (χ0) is 22.5. The topological polar surface area (TPSA) is 56.3 Å². The van der Waals surface area contributed by atoms with Crippen LogP contribution in [0.25, 0.3) is 22.2 Å². The fraction of sp³-hybridized carbons (Fsp3) is 0.179. The Kier molecular flexibility index (Phi) is 6.41. The third kappa shape index (κ3) is 4.45. The molecule has 32 heavy (non-hydrogen) atoms. The van der Waals surface area contributed by atoms with Crippen LogP contribution in [0.2, 0.25) is 0 Å². The first-order valence-corrected chi connectivity index (χ1v) is 10.8. The van der Waals surface area contributed by atoms with Crippen LogP contribution in [0.1, 0.15) is 45.2 Å². The molecule has 3 aromatic carbocycles. The van der Waals surface area contributed by atoms with Crippen LogP contribution in [0.3, 0.4) is 0 Å². The summed E-state index contributed by atoms with van der Waals surface area (Å²) in [6, 6.07) is 24.7. The molecule has 4 nitrogen and oxygen atoms in total. The Labute approximate surface area is 187 Å². The van der Waals surface area contributed by atoms with Gasteiger partial charge < -0.3 is 4.74 Å². The molecule has 0 aliphatic heterocycles. The first-order chi connectivity index (χ1) is 15.6. The molecule has 160 valence electrons. The van der Waals surface area contributed by atoms with E-state index in [2.05, 4.69) is 6.92 Å². The second-order valence-corrected chi connectivity index (χ2v) is 7.79. The van der Waals surface area contributed by atoms with Gasteiger partial charge in [0.2, 0.25) is 0 Å². The zero-order valence-corrected chi connectivity index (χ0v) is 18.3. The Morgan fingerprint density at radius 3 is 2.28 bits per heavy atom. The molecule has 0 bridgehead atoms. The van der Waals surface area contributed by atoms with E-state index in [0.29, 0.717) is 22.0 Å². The van der Waals surface area contributed by atoms with Gasteiger partial charge in [-0.25, -0.2) is 9.78 Å². The lowest BCUT2D eigenvalue weighted by Crippen LogP contribution is -2.16. The molecule has 0 spiro atoms. The maximum Gasteiger partial charge on any atom is 0.339 e. The predicted molar refractivity (Wildman–Crippen MR) is 127 cm³/mol. The maximum absolute atomic E-state index is 13.1. The molecule has 0 saturated heterocycles. The van der Waals surface area contributed by atoms with Crippen molar-refractivity contribution in [3.05, 3.63) is 101 Å². The molecule has 0 saturated carbocycles. The normalized spacial score (nSPS) is 10.8. The number of ether oxygens (including phenoxy) is 1. The van der Waals surface area contributed by atoms with Gasteiger partial charge in [0.15, 0.2) is 12.4 Å². The minimum atomic E-state index is -0.519. The van der Waals surface area contributed by atoms with Crippen molar-refractivity contribution in [2.24, 2.45) is 0 Å². The first-order valence-electron chi connectivity index (χ1n) is 10.8. The number of rotatable bonds is 7. The Morgan fingerprint density at radius 2 is 1.56 bits per heavy atom. The number of hydrogen-bond acceptors (Lipinski definition) is 4. The number of aromatic nitrogens is 1. The third-order valence-electron chi connectivity index (χ3n) is 5.54. The van der Waals surface area contributed by atoms with Crippen LogP contribution in [-0.2, 0) is 11.2 Å². The highest BCUT2D eigenvalue weighted by Crippen LogP contribution is 2.30.